The van der Waals surface area contributed by atoms with Gasteiger partial charge in [0, 0.05) is 31.5 Å². The summed E-state index contributed by atoms with van der Waals surface area (Å²) in [5.41, 5.74) is 0. The van der Waals surface area contributed by atoms with E-state index in [4.69, 9.17) is 4.52 Å². The fourth-order valence-corrected chi connectivity index (χ4v) is 3.62. The zero-order chi connectivity index (χ0) is 14.9. The molecule has 2 amide bonds. The van der Waals surface area contributed by atoms with E-state index in [2.05, 4.69) is 15.5 Å². The maximum absolute atomic E-state index is 12.3. The molecular weight excluding hydrogens is 280 g/mol. The number of rotatable bonds is 4. The van der Waals surface area contributed by atoms with Crippen molar-refractivity contribution in [3.63, 3.8) is 0 Å². The number of hydrogen-bond donors (Lipinski definition) is 1. The van der Waals surface area contributed by atoms with Crippen LogP contribution in [0.1, 0.15) is 62.6 Å². The van der Waals surface area contributed by atoms with Gasteiger partial charge in [-0.1, -0.05) is 18.0 Å². The molecule has 4 rings (SSSR count). The fourth-order valence-electron chi connectivity index (χ4n) is 3.62. The topological polar surface area (TPSA) is 71.3 Å². The summed E-state index contributed by atoms with van der Waals surface area (Å²) < 4.78 is 5.31. The highest BCUT2D eigenvalue weighted by atomic mass is 16.5. The van der Waals surface area contributed by atoms with E-state index in [0.717, 1.165) is 50.5 Å². The van der Waals surface area contributed by atoms with Gasteiger partial charge in [-0.05, 0) is 38.0 Å². The minimum Gasteiger partial charge on any atom is -0.339 e. The summed E-state index contributed by atoms with van der Waals surface area (Å²) in [6.07, 6.45) is 8.98. The maximum Gasteiger partial charge on any atom is 0.317 e. The molecule has 1 aromatic heterocycles. The minimum absolute atomic E-state index is 0.112. The lowest BCUT2D eigenvalue weighted by Gasteiger charge is -2.20. The van der Waals surface area contributed by atoms with Crippen molar-refractivity contribution in [3.8, 4) is 0 Å². The van der Waals surface area contributed by atoms with Gasteiger partial charge in [-0.15, -0.1) is 0 Å². The summed E-state index contributed by atoms with van der Waals surface area (Å²) >= 11 is 0. The molecule has 6 heteroatoms. The second-order valence-corrected chi connectivity index (χ2v) is 7.06. The monoisotopic (exact) mass is 304 g/mol. The number of carbonyl (C=O) groups is 1. The Kier molecular flexibility index (Phi) is 3.76. The Bertz CT molecular complexity index is 534. The predicted octanol–water partition coefficient (Wildman–Crippen LogP) is 2.46. The van der Waals surface area contributed by atoms with Crippen molar-refractivity contribution in [1.82, 2.24) is 20.4 Å². The Morgan fingerprint density at radius 3 is 2.82 bits per heavy atom. The van der Waals surface area contributed by atoms with E-state index >= 15 is 0 Å². The third kappa shape index (κ3) is 3.10. The average Bonchev–Trinajstić information content (AvgIpc) is 2.96. The third-order valence-corrected chi connectivity index (χ3v) is 5.14. The van der Waals surface area contributed by atoms with Crippen LogP contribution in [-0.4, -0.2) is 40.2 Å². The van der Waals surface area contributed by atoms with Gasteiger partial charge in [-0.25, -0.2) is 4.79 Å². The normalized spacial score (nSPS) is 25.8. The zero-order valence-corrected chi connectivity index (χ0v) is 13.0. The molecule has 1 saturated heterocycles. The number of amides is 2. The molecule has 2 heterocycles. The number of urea groups is 1. The van der Waals surface area contributed by atoms with E-state index in [1.54, 1.807) is 0 Å². The van der Waals surface area contributed by atoms with Crippen LogP contribution in [0, 0.1) is 5.92 Å². The van der Waals surface area contributed by atoms with Crippen molar-refractivity contribution in [2.75, 3.05) is 13.1 Å². The Morgan fingerprint density at radius 2 is 2.05 bits per heavy atom. The molecule has 1 unspecified atom stereocenters. The van der Waals surface area contributed by atoms with E-state index in [1.807, 2.05) is 4.90 Å². The zero-order valence-electron chi connectivity index (χ0n) is 13.0. The Morgan fingerprint density at radius 1 is 1.23 bits per heavy atom. The van der Waals surface area contributed by atoms with Crippen LogP contribution in [-0.2, 0) is 6.42 Å². The van der Waals surface area contributed by atoms with E-state index in [-0.39, 0.29) is 6.03 Å². The summed E-state index contributed by atoms with van der Waals surface area (Å²) in [6.45, 7) is 1.66. The lowest BCUT2D eigenvalue weighted by molar-refractivity contribution is 0.203. The molecule has 1 N–H and O–H groups in total. The lowest BCUT2D eigenvalue weighted by atomic mass is 10.1. The van der Waals surface area contributed by atoms with E-state index < -0.39 is 0 Å². The van der Waals surface area contributed by atoms with Gasteiger partial charge in [0.05, 0.1) is 0 Å². The molecule has 2 aliphatic carbocycles. The Balaban J connectivity index is 1.26. The molecule has 0 spiro atoms. The first-order valence-electron chi connectivity index (χ1n) is 8.66. The number of carbonyl (C=O) groups excluding carboxylic acids is 1. The highest BCUT2D eigenvalue weighted by Gasteiger charge is 2.32. The predicted molar refractivity (Wildman–Crippen MR) is 80.4 cm³/mol. The van der Waals surface area contributed by atoms with Gasteiger partial charge < -0.3 is 14.7 Å². The number of aromatic nitrogens is 2. The highest BCUT2D eigenvalue weighted by Crippen LogP contribution is 2.39. The largest absolute Gasteiger partial charge is 0.339 e. The van der Waals surface area contributed by atoms with Crippen LogP contribution in [0.2, 0.25) is 0 Å². The van der Waals surface area contributed by atoms with Gasteiger partial charge in [0.1, 0.15) is 0 Å². The summed E-state index contributed by atoms with van der Waals surface area (Å²) in [5, 5.41) is 7.26. The molecule has 0 bridgehead atoms. The van der Waals surface area contributed by atoms with Gasteiger partial charge in [-0.3, -0.25) is 0 Å². The van der Waals surface area contributed by atoms with Crippen molar-refractivity contribution in [2.45, 2.75) is 63.3 Å². The lowest BCUT2D eigenvalue weighted by Crippen LogP contribution is -2.42. The van der Waals surface area contributed by atoms with Crippen LogP contribution < -0.4 is 5.32 Å². The van der Waals surface area contributed by atoms with Gasteiger partial charge in [0.25, 0.3) is 0 Å². The van der Waals surface area contributed by atoms with Crippen molar-refractivity contribution >= 4 is 6.03 Å². The second-order valence-electron chi connectivity index (χ2n) is 7.06. The first-order valence-corrected chi connectivity index (χ1v) is 8.66. The minimum atomic E-state index is 0.112. The molecule has 6 nitrogen and oxygen atoms in total. The molecule has 1 aliphatic heterocycles. The third-order valence-electron chi connectivity index (χ3n) is 5.14. The molecule has 2 saturated carbocycles. The smallest absolute Gasteiger partial charge is 0.317 e. The van der Waals surface area contributed by atoms with Crippen LogP contribution in [0.4, 0.5) is 4.79 Å². The highest BCUT2D eigenvalue weighted by molar-refractivity contribution is 5.74. The van der Waals surface area contributed by atoms with E-state index in [1.165, 1.54) is 25.7 Å². The Hall–Kier alpha value is -1.59. The van der Waals surface area contributed by atoms with Crippen LogP contribution in [0.3, 0.4) is 0 Å². The van der Waals surface area contributed by atoms with Crippen molar-refractivity contribution in [1.29, 1.82) is 0 Å². The van der Waals surface area contributed by atoms with Gasteiger partial charge in [0.15, 0.2) is 5.82 Å². The van der Waals surface area contributed by atoms with Gasteiger partial charge >= 0.3 is 6.03 Å². The van der Waals surface area contributed by atoms with Crippen molar-refractivity contribution in [2.24, 2.45) is 5.92 Å². The quantitative estimate of drug-likeness (QED) is 0.927. The summed E-state index contributed by atoms with van der Waals surface area (Å²) in [7, 11) is 0. The first kappa shape index (κ1) is 14.0. The number of hydrogen-bond acceptors (Lipinski definition) is 4. The number of nitrogens with one attached hydrogen (secondary N) is 1. The molecule has 1 aromatic rings. The molecule has 1 atom stereocenters. The first-order chi connectivity index (χ1) is 10.8. The van der Waals surface area contributed by atoms with Crippen molar-refractivity contribution in [3.05, 3.63) is 11.7 Å². The average molecular weight is 304 g/mol. The standard InChI is InChI=1S/C16H24N4O2/c21-16(17-13-3-1-2-4-13)20-8-7-11(10-20)9-14-18-15(22-19-14)12-5-6-12/h11-13H,1-10H2,(H,17,21). The van der Waals surface area contributed by atoms with E-state index in [9.17, 15) is 4.79 Å². The molecule has 3 aliphatic rings. The van der Waals surface area contributed by atoms with Crippen LogP contribution >= 0.6 is 0 Å². The second kappa shape index (κ2) is 5.89. The van der Waals surface area contributed by atoms with E-state index in [0.29, 0.717) is 17.9 Å². The number of likely N-dealkylation sites (tertiary alicyclic amines) is 1. The maximum atomic E-state index is 12.3. The molecule has 22 heavy (non-hydrogen) atoms. The van der Waals surface area contributed by atoms with Crippen molar-refractivity contribution < 1.29 is 9.32 Å². The molecular formula is C16H24N4O2. The molecule has 120 valence electrons. The SMILES string of the molecule is O=C(NC1CCCC1)N1CCC(Cc2noc(C3CC3)n2)C1. The van der Waals surface area contributed by atoms with Crippen LogP contribution in [0.5, 0.6) is 0 Å². The number of nitrogens with zero attached hydrogens (tertiary/aromatic N) is 3. The fraction of sp³-hybridized carbons (Fsp3) is 0.812. The van der Waals surface area contributed by atoms with Gasteiger partial charge in [-0.2, -0.15) is 4.98 Å². The molecule has 0 aromatic carbocycles. The summed E-state index contributed by atoms with van der Waals surface area (Å²) in [5.74, 6) is 2.59. The summed E-state index contributed by atoms with van der Waals surface area (Å²) in [6, 6.07) is 0.506. The van der Waals surface area contributed by atoms with Crippen LogP contribution in [0.15, 0.2) is 4.52 Å². The van der Waals surface area contributed by atoms with Gasteiger partial charge in [0.2, 0.25) is 5.89 Å². The molecule has 0 radical (unpaired) electrons. The summed E-state index contributed by atoms with van der Waals surface area (Å²) in [4.78, 5) is 18.7. The van der Waals surface area contributed by atoms with Crippen LogP contribution in [0.25, 0.3) is 0 Å². The Labute approximate surface area is 130 Å². The molecule has 3 fully saturated rings.